The van der Waals surface area contributed by atoms with E-state index in [0.29, 0.717) is 23.6 Å². The van der Waals surface area contributed by atoms with Crippen molar-refractivity contribution in [2.75, 3.05) is 12.4 Å². The van der Waals surface area contributed by atoms with Crippen LogP contribution in [0, 0.1) is 6.92 Å². The molecular formula is C19H19N3O4. The van der Waals surface area contributed by atoms with E-state index in [1.807, 2.05) is 13.0 Å². The van der Waals surface area contributed by atoms with Crippen LogP contribution < -0.4 is 21.1 Å². The molecule has 0 aliphatic carbocycles. The van der Waals surface area contributed by atoms with Crippen molar-refractivity contribution in [3.8, 4) is 5.75 Å². The Bertz CT molecular complexity index is 961. The van der Waals surface area contributed by atoms with Gasteiger partial charge < -0.3 is 25.5 Å². The molecule has 7 heteroatoms. The summed E-state index contributed by atoms with van der Waals surface area (Å²) >= 11 is 0. The van der Waals surface area contributed by atoms with E-state index in [1.165, 1.54) is 0 Å². The Morgan fingerprint density at radius 2 is 1.88 bits per heavy atom. The van der Waals surface area contributed by atoms with Gasteiger partial charge in [0.2, 0.25) is 0 Å². The molecule has 4 N–H and O–H groups in total. The number of anilines is 1. The number of rotatable bonds is 5. The minimum absolute atomic E-state index is 0.278. The number of nitrogens with one attached hydrogen (secondary N) is 2. The predicted octanol–water partition coefficient (Wildman–Crippen LogP) is 3.17. The molecule has 3 amide bonds. The molecule has 0 saturated carbocycles. The molecule has 0 atom stereocenters. The lowest BCUT2D eigenvalue weighted by molar-refractivity contribution is 0.0924. The van der Waals surface area contributed by atoms with Crippen molar-refractivity contribution in [2.45, 2.75) is 13.5 Å². The number of aryl methyl sites for hydroxylation is 1. The molecule has 0 spiro atoms. The number of nitrogens with two attached hydrogens (primary N) is 1. The summed E-state index contributed by atoms with van der Waals surface area (Å²) < 4.78 is 10.9. The van der Waals surface area contributed by atoms with Crippen LogP contribution in [0.2, 0.25) is 0 Å². The SMILES string of the molecule is COc1ccc2oc(C(=O)NCc3ccc(NC(N)=O)cc3)c(C)c2c1. The topological polar surface area (TPSA) is 107 Å². The number of methoxy groups -OCH3 is 1. The maximum Gasteiger partial charge on any atom is 0.316 e. The second-order valence-electron chi connectivity index (χ2n) is 5.79. The molecule has 1 heterocycles. The van der Waals surface area contributed by atoms with Crippen molar-refractivity contribution in [3.05, 3.63) is 59.4 Å². The molecule has 0 aliphatic heterocycles. The molecule has 1 aromatic heterocycles. The number of furan rings is 1. The second kappa shape index (κ2) is 7.18. The number of amides is 3. The Morgan fingerprint density at radius 3 is 2.54 bits per heavy atom. The minimum Gasteiger partial charge on any atom is -0.497 e. The fourth-order valence-corrected chi connectivity index (χ4v) is 2.65. The third-order valence-electron chi connectivity index (χ3n) is 4.02. The summed E-state index contributed by atoms with van der Waals surface area (Å²) in [6.07, 6.45) is 0. The van der Waals surface area contributed by atoms with Crippen molar-refractivity contribution < 1.29 is 18.7 Å². The zero-order valence-electron chi connectivity index (χ0n) is 14.5. The first-order valence-electron chi connectivity index (χ1n) is 7.98. The number of primary amides is 1. The highest BCUT2D eigenvalue weighted by atomic mass is 16.5. The fraction of sp³-hybridized carbons (Fsp3) is 0.158. The molecule has 3 aromatic rings. The van der Waals surface area contributed by atoms with Crippen molar-refractivity contribution >= 4 is 28.6 Å². The number of carbonyl (C=O) groups is 2. The number of benzene rings is 2. The van der Waals surface area contributed by atoms with Crippen molar-refractivity contribution in [1.29, 1.82) is 0 Å². The number of urea groups is 1. The van der Waals surface area contributed by atoms with Crippen LogP contribution in [0.1, 0.15) is 21.7 Å². The highest BCUT2D eigenvalue weighted by Gasteiger charge is 2.17. The van der Waals surface area contributed by atoms with Gasteiger partial charge in [-0.1, -0.05) is 12.1 Å². The molecule has 0 unspecified atom stereocenters. The van der Waals surface area contributed by atoms with E-state index in [-0.39, 0.29) is 11.7 Å². The molecule has 7 nitrogen and oxygen atoms in total. The largest absolute Gasteiger partial charge is 0.497 e. The van der Waals surface area contributed by atoms with Crippen LogP contribution in [-0.2, 0) is 6.54 Å². The van der Waals surface area contributed by atoms with Gasteiger partial charge in [-0.15, -0.1) is 0 Å². The van der Waals surface area contributed by atoms with Crippen LogP contribution in [0.25, 0.3) is 11.0 Å². The average molecular weight is 353 g/mol. The van der Waals surface area contributed by atoms with Gasteiger partial charge in [0.25, 0.3) is 5.91 Å². The van der Waals surface area contributed by atoms with Crippen LogP contribution in [0.4, 0.5) is 10.5 Å². The van der Waals surface area contributed by atoms with Gasteiger partial charge in [0.15, 0.2) is 5.76 Å². The molecule has 0 radical (unpaired) electrons. The van der Waals surface area contributed by atoms with E-state index in [9.17, 15) is 9.59 Å². The monoisotopic (exact) mass is 353 g/mol. The van der Waals surface area contributed by atoms with E-state index in [1.54, 1.807) is 43.5 Å². The maximum atomic E-state index is 12.5. The number of hydrogen-bond acceptors (Lipinski definition) is 4. The Kier molecular flexibility index (Phi) is 4.79. The summed E-state index contributed by atoms with van der Waals surface area (Å²) in [7, 11) is 1.59. The van der Waals surface area contributed by atoms with Gasteiger partial charge in [0, 0.05) is 23.2 Å². The normalized spacial score (nSPS) is 10.5. The summed E-state index contributed by atoms with van der Waals surface area (Å²) in [6.45, 7) is 2.17. The van der Waals surface area contributed by atoms with Gasteiger partial charge in [-0.05, 0) is 42.8 Å². The van der Waals surface area contributed by atoms with Crippen LogP contribution in [-0.4, -0.2) is 19.0 Å². The minimum atomic E-state index is -0.622. The first kappa shape index (κ1) is 17.3. The van der Waals surface area contributed by atoms with Crippen LogP contribution in [0.15, 0.2) is 46.9 Å². The van der Waals surface area contributed by atoms with Crippen molar-refractivity contribution in [2.24, 2.45) is 5.73 Å². The van der Waals surface area contributed by atoms with E-state index in [0.717, 1.165) is 16.5 Å². The van der Waals surface area contributed by atoms with E-state index in [2.05, 4.69) is 10.6 Å². The highest BCUT2D eigenvalue weighted by molar-refractivity contribution is 5.99. The lowest BCUT2D eigenvalue weighted by atomic mass is 10.1. The molecule has 0 bridgehead atoms. The fourth-order valence-electron chi connectivity index (χ4n) is 2.65. The Morgan fingerprint density at radius 1 is 1.15 bits per heavy atom. The van der Waals surface area contributed by atoms with Gasteiger partial charge in [-0.25, -0.2) is 4.79 Å². The number of fused-ring (bicyclic) bond motifs is 1. The predicted molar refractivity (Wildman–Crippen MR) is 98.3 cm³/mol. The van der Waals surface area contributed by atoms with Crippen LogP contribution in [0.5, 0.6) is 5.75 Å². The van der Waals surface area contributed by atoms with Gasteiger partial charge in [0.1, 0.15) is 11.3 Å². The molecule has 134 valence electrons. The molecular weight excluding hydrogens is 334 g/mol. The molecule has 2 aromatic carbocycles. The third-order valence-corrected chi connectivity index (χ3v) is 4.02. The summed E-state index contributed by atoms with van der Waals surface area (Å²) in [5.41, 5.74) is 7.93. The molecule has 0 saturated heterocycles. The van der Waals surface area contributed by atoms with Gasteiger partial charge >= 0.3 is 6.03 Å². The number of ether oxygens (including phenoxy) is 1. The van der Waals surface area contributed by atoms with Gasteiger partial charge in [-0.2, -0.15) is 0 Å². The Hall–Kier alpha value is -3.48. The Labute approximate surface area is 150 Å². The lowest BCUT2D eigenvalue weighted by Crippen LogP contribution is -2.23. The van der Waals surface area contributed by atoms with E-state index < -0.39 is 6.03 Å². The summed E-state index contributed by atoms with van der Waals surface area (Å²) in [5, 5.41) is 6.15. The number of hydrogen-bond donors (Lipinski definition) is 3. The average Bonchev–Trinajstić information content (AvgIpc) is 2.96. The van der Waals surface area contributed by atoms with Gasteiger partial charge in [0.05, 0.1) is 7.11 Å². The van der Waals surface area contributed by atoms with Crippen LogP contribution >= 0.6 is 0 Å². The number of carbonyl (C=O) groups excluding carboxylic acids is 2. The quantitative estimate of drug-likeness (QED) is 0.655. The van der Waals surface area contributed by atoms with E-state index in [4.69, 9.17) is 14.9 Å². The summed E-state index contributed by atoms with van der Waals surface area (Å²) in [4.78, 5) is 23.3. The Balaban J connectivity index is 1.71. The zero-order chi connectivity index (χ0) is 18.7. The third kappa shape index (κ3) is 3.61. The first-order chi connectivity index (χ1) is 12.5. The first-order valence-corrected chi connectivity index (χ1v) is 7.98. The van der Waals surface area contributed by atoms with Crippen LogP contribution in [0.3, 0.4) is 0 Å². The molecule has 26 heavy (non-hydrogen) atoms. The molecule has 0 aliphatic rings. The van der Waals surface area contributed by atoms with Crippen molar-refractivity contribution in [1.82, 2.24) is 5.32 Å². The molecule has 3 rings (SSSR count). The zero-order valence-corrected chi connectivity index (χ0v) is 14.5. The summed E-state index contributed by atoms with van der Waals surface area (Å²) in [6, 6.07) is 11.8. The lowest BCUT2D eigenvalue weighted by Gasteiger charge is -2.06. The van der Waals surface area contributed by atoms with Gasteiger partial charge in [-0.3, -0.25) is 4.79 Å². The molecule has 0 fully saturated rings. The highest BCUT2D eigenvalue weighted by Crippen LogP contribution is 2.28. The smallest absolute Gasteiger partial charge is 0.316 e. The van der Waals surface area contributed by atoms with E-state index >= 15 is 0 Å². The second-order valence-corrected chi connectivity index (χ2v) is 5.79. The standard InChI is InChI=1S/C19H19N3O4/c1-11-15-9-14(25-2)7-8-16(15)26-17(11)18(23)21-10-12-3-5-13(6-4-12)22-19(20)24/h3-9H,10H2,1-2H3,(H,21,23)(H3,20,22,24). The van der Waals surface area contributed by atoms with Crippen molar-refractivity contribution in [3.63, 3.8) is 0 Å². The maximum absolute atomic E-state index is 12.5. The summed E-state index contributed by atoms with van der Waals surface area (Å²) in [5.74, 6) is 0.690.